The average molecular weight is 368 g/mol. The Morgan fingerprint density at radius 3 is 2.74 bits per heavy atom. The lowest BCUT2D eigenvalue weighted by Gasteiger charge is -2.18. The minimum absolute atomic E-state index is 0.190. The highest BCUT2D eigenvalue weighted by molar-refractivity contribution is 6.04. The van der Waals surface area contributed by atoms with Gasteiger partial charge in [-0.2, -0.15) is 0 Å². The number of oxime groups is 1. The van der Waals surface area contributed by atoms with Gasteiger partial charge in [0.2, 0.25) is 6.10 Å². The number of carbonyl (C=O) groups is 1. The maximum Gasteiger partial charge on any atom is 0.264 e. The number of hydrogen-bond acceptors (Lipinski definition) is 5. The van der Waals surface area contributed by atoms with Gasteiger partial charge in [0.15, 0.2) is 11.5 Å². The fourth-order valence-corrected chi connectivity index (χ4v) is 2.94. The monoisotopic (exact) mass is 368 g/mol. The second kappa shape index (κ2) is 8.58. The van der Waals surface area contributed by atoms with E-state index in [4.69, 9.17) is 14.3 Å². The third kappa shape index (κ3) is 4.39. The molecule has 2 aromatic carbocycles. The normalized spacial score (nSPS) is 16.9. The molecule has 0 fully saturated rings. The lowest BCUT2D eigenvalue weighted by molar-refractivity contribution is -0.131. The molecule has 3 rings (SSSR count). The lowest BCUT2D eigenvalue weighted by Crippen LogP contribution is -2.36. The molecule has 0 saturated heterocycles. The second-order valence-electron chi connectivity index (χ2n) is 6.28. The van der Waals surface area contributed by atoms with Crippen molar-refractivity contribution in [3.8, 4) is 11.5 Å². The maximum absolute atomic E-state index is 12.6. The molecule has 0 radical (unpaired) electrons. The van der Waals surface area contributed by atoms with E-state index in [1.807, 2.05) is 62.4 Å². The standard InChI is InChI=1S/C21H24N2O4/c1-4-26-18-11-10-16(12-19(18)25-3)14(2)22-21(24)20-13-17(23-27-20)15-8-6-5-7-9-15/h5-12,14,20H,4,13H2,1-3H3,(H,22,24)/t14-,20+/m0/s1. The first-order chi connectivity index (χ1) is 13.1. The van der Waals surface area contributed by atoms with Crippen LogP contribution in [-0.4, -0.2) is 31.4 Å². The molecule has 0 aromatic heterocycles. The summed E-state index contributed by atoms with van der Waals surface area (Å²) in [4.78, 5) is 17.9. The van der Waals surface area contributed by atoms with Crippen molar-refractivity contribution in [2.24, 2.45) is 5.16 Å². The summed E-state index contributed by atoms with van der Waals surface area (Å²) in [7, 11) is 1.60. The van der Waals surface area contributed by atoms with E-state index in [0.717, 1.165) is 16.8 Å². The van der Waals surface area contributed by atoms with Gasteiger partial charge in [0, 0.05) is 6.42 Å². The number of hydrogen-bond donors (Lipinski definition) is 1. The highest BCUT2D eigenvalue weighted by Crippen LogP contribution is 2.30. The molecule has 2 atom stereocenters. The van der Waals surface area contributed by atoms with Crippen LogP contribution < -0.4 is 14.8 Å². The topological polar surface area (TPSA) is 69.2 Å². The first-order valence-electron chi connectivity index (χ1n) is 9.01. The number of amides is 1. The van der Waals surface area contributed by atoms with E-state index in [1.165, 1.54) is 0 Å². The fourth-order valence-electron chi connectivity index (χ4n) is 2.94. The maximum atomic E-state index is 12.6. The van der Waals surface area contributed by atoms with Gasteiger partial charge in [-0.05, 0) is 37.1 Å². The Balaban J connectivity index is 1.61. The van der Waals surface area contributed by atoms with Gasteiger partial charge in [-0.1, -0.05) is 41.6 Å². The van der Waals surface area contributed by atoms with Crippen molar-refractivity contribution in [3.63, 3.8) is 0 Å². The minimum atomic E-state index is -0.618. The van der Waals surface area contributed by atoms with Crippen LogP contribution in [0.25, 0.3) is 0 Å². The van der Waals surface area contributed by atoms with Crippen LogP contribution >= 0.6 is 0 Å². The van der Waals surface area contributed by atoms with Crippen LogP contribution in [0.4, 0.5) is 0 Å². The number of rotatable bonds is 7. The Kier molecular flexibility index (Phi) is 5.96. The van der Waals surface area contributed by atoms with Crippen molar-refractivity contribution in [3.05, 3.63) is 59.7 Å². The first kappa shape index (κ1) is 18.8. The second-order valence-corrected chi connectivity index (χ2v) is 6.28. The van der Waals surface area contributed by atoms with E-state index >= 15 is 0 Å². The van der Waals surface area contributed by atoms with Crippen LogP contribution in [0.3, 0.4) is 0 Å². The van der Waals surface area contributed by atoms with Crippen molar-refractivity contribution in [2.45, 2.75) is 32.4 Å². The molecule has 2 aromatic rings. The first-order valence-corrected chi connectivity index (χ1v) is 9.01. The number of methoxy groups -OCH3 is 1. The van der Waals surface area contributed by atoms with E-state index in [0.29, 0.717) is 24.5 Å². The van der Waals surface area contributed by atoms with Crippen LogP contribution in [0, 0.1) is 0 Å². The number of nitrogens with zero attached hydrogens (tertiary/aromatic N) is 1. The number of carbonyl (C=O) groups excluding carboxylic acids is 1. The van der Waals surface area contributed by atoms with E-state index < -0.39 is 6.10 Å². The Morgan fingerprint density at radius 1 is 1.26 bits per heavy atom. The smallest absolute Gasteiger partial charge is 0.264 e. The van der Waals surface area contributed by atoms with Crippen LogP contribution in [0.15, 0.2) is 53.7 Å². The molecule has 1 amide bonds. The third-order valence-electron chi connectivity index (χ3n) is 4.41. The van der Waals surface area contributed by atoms with E-state index in [-0.39, 0.29) is 11.9 Å². The van der Waals surface area contributed by atoms with Crippen LogP contribution in [0.1, 0.15) is 37.4 Å². The van der Waals surface area contributed by atoms with Gasteiger partial charge < -0.3 is 19.6 Å². The molecule has 0 saturated carbocycles. The Morgan fingerprint density at radius 2 is 2.04 bits per heavy atom. The molecule has 6 nitrogen and oxygen atoms in total. The van der Waals surface area contributed by atoms with E-state index in [9.17, 15) is 4.79 Å². The summed E-state index contributed by atoms with van der Waals surface area (Å²) in [6.45, 7) is 4.40. The molecule has 142 valence electrons. The summed E-state index contributed by atoms with van der Waals surface area (Å²) in [5, 5.41) is 7.05. The van der Waals surface area contributed by atoms with Crippen molar-refractivity contribution >= 4 is 11.6 Å². The summed E-state index contributed by atoms with van der Waals surface area (Å²) < 4.78 is 10.9. The van der Waals surface area contributed by atoms with E-state index in [2.05, 4.69) is 10.5 Å². The third-order valence-corrected chi connectivity index (χ3v) is 4.41. The molecule has 27 heavy (non-hydrogen) atoms. The quantitative estimate of drug-likeness (QED) is 0.813. The Labute approximate surface area is 159 Å². The summed E-state index contributed by atoms with van der Waals surface area (Å²) in [6.07, 6.45) is -0.165. The summed E-state index contributed by atoms with van der Waals surface area (Å²) in [5.74, 6) is 1.13. The zero-order valence-corrected chi connectivity index (χ0v) is 15.8. The zero-order chi connectivity index (χ0) is 19.2. The zero-order valence-electron chi connectivity index (χ0n) is 15.8. The van der Waals surface area contributed by atoms with Crippen LogP contribution in [0.2, 0.25) is 0 Å². The molecule has 1 heterocycles. The summed E-state index contributed by atoms with van der Waals surface area (Å²) in [6, 6.07) is 15.2. The highest BCUT2D eigenvalue weighted by atomic mass is 16.6. The van der Waals surface area contributed by atoms with Crippen molar-refractivity contribution < 1.29 is 19.1 Å². The highest BCUT2D eigenvalue weighted by Gasteiger charge is 2.29. The van der Waals surface area contributed by atoms with Crippen molar-refractivity contribution in [1.82, 2.24) is 5.32 Å². The van der Waals surface area contributed by atoms with Gasteiger partial charge in [-0.15, -0.1) is 0 Å². The molecule has 1 N–H and O–H groups in total. The number of ether oxygens (including phenoxy) is 2. The molecule has 0 unspecified atom stereocenters. The predicted octanol–water partition coefficient (Wildman–Crippen LogP) is 3.46. The Bertz CT molecular complexity index is 820. The van der Waals surface area contributed by atoms with Crippen LogP contribution in [0.5, 0.6) is 11.5 Å². The largest absolute Gasteiger partial charge is 0.493 e. The van der Waals surface area contributed by atoms with Crippen LogP contribution in [-0.2, 0) is 9.63 Å². The van der Waals surface area contributed by atoms with Gasteiger partial charge in [-0.25, -0.2) is 0 Å². The van der Waals surface area contributed by atoms with Gasteiger partial charge >= 0.3 is 0 Å². The van der Waals surface area contributed by atoms with Gasteiger partial charge in [0.1, 0.15) is 0 Å². The van der Waals surface area contributed by atoms with Crippen molar-refractivity contribution in [2.75, 3.05) is 13.7 Å². The van der Waals surface area contributed by atoms with Gasteiger partial charge in [0.25, 0.3) is 5.91 Å². The molecule has 0 bridgehead atoms. The Hall–Kier alpha value is -3.02. The van der Waals surface area contributed by atoms with E-state index in [1.54, 1.807) is 7.11 Å². The SMILES string of the molecule is CCOc1ccc([C@H](C)NC(=O)[C@H]2CC(c3ccccc3)=NO2)cc1OC. The summed E-state index contributed by atoms with van der Waals surface area (Å²) in [5.41, 5.74) is 2.68. The molecular formula is C21H24N2O4. The lowest BCUT2D eigenvalue weighted by atomic mass is 10.0. The van der Waals surface area contributed by atoms with Crippen molar-refractivity contribution in [1.29, 1.82) is 0 Å². The number of nitrogens with one attached hydrogen (secondary N) is 1. The molecule has 0 spiro atoms. The predicted molar refractivity (Wildman–Crippen MR) is 103 cm³/mol. The molecule has 1 aliphatic rings. The number of benzene rings is 2. The van der Waals surface area contributed by atoms with Gasteiger partial charge in [-0.3, -0.25) is 4.79 Å². The molecule has 1 aliphatic heterocycles. The molecule has 0 aliphatic carbocycles. The molecular weight excluding hydrogens is 344 g/mol. The van der Waals surface area contributed by atoms with Gasteiger partial charge in [0.05, 0.1) is 25.5 Å². The fraction of sp³-hybridized carbons (Fsp3) is 0.333. The minimum Gasteiger partial charge on any atom is -0.493 e. The molecule has 6 heteroatoms. The average Bonchev–Trinajstić information content (AvgIpc) is 3.19. The summed E-state index contributed by atoms with van der Waals surface area (Å²) >= 11 is 0.